The zero-order chi connectivity index (χ0) is 9.26. The smallest absolute Gasteiger partial charge is 0.0551 e. The van der Waals surface area contributed by atoms with Crippen molar-refractivity contribution >= 4 is 11.8 Å². The van der Waals surface area contributed by atoms with Gasteiger partial charge in [-0.2, -0.15) is 16.9 Å². The molecule has 1 aliphatic heterocycles. The summed E-state index contributed by atoms with van der Waals surface area (Å²) in [6.45, 7) is 0. The topological polar surface area (TPSA) is 43.8 Å². The summed E-state index contributed by atoms with van der Waals surface area (Å²) < 4.78 is 1.88. The molecule has 2 N–H and O–H groups in total. The van der Waals surface area contributed by atoms with E-state index < -0.39 is 0 Å². The Hall–Kier alpha value is -0.480. The van der Waals surface area contributed by atoms with Crippen LogP contribution >= 0.6 is 11.8 Å². The molecule has 1 aliphatic rings. The van der Waals surface area contributed by atoms with Crippen LogP contribution in [0.2, 0.25) is 0 Å². The zero-order valence-electron chi connectivity index (χ0n) is 7.81. The highest BCUT2D eigenvalue weighted by Crippen LogP contribution is 2.32. The normalized spacial score (nSPS) is 24.9. The lowest BCUT2D eigenvalue weighted by atomic mass is 9.97. The summed E-state index contributed by atoms with van der Waals surface area (Å²) in [5.41, 5.74) is 7.33. The first-order valence-electron chi connectivity index (χ1n) is 4.60. The van der Waals surface area contributed by atoms with Gasteiger partial charge in [-0.15, -0.1) is 0 Å². The Labute approximate surface area is 82.7 Å². The van der Waals surface area contributed by atoms with E-state index in [1.165, 1.54) is 17.9 Å². The molecule has 1 aromatic heterocycles. The molecule has 72 valence electrons. The average molecular weight is 197 g/mol. The highest BCUT2D eigenvalue weighted by molar-refractivity contribution is 7.99. The van der Waals surface area contributed by atoms with Gasteiger partial charge < -0.3 is 5.73 Å². The second-order valence-electron chi connectivity index (χ2n) is 3.53. The molecule has 4 heteroatoms. The number of hydrogen-bond acceptors (Lipinski definition) is 3. The number of hydrogen-bond donors (Lipinski definition) is 1. The molecule has 1 aromatic rings. The van der Waals surface area contributed by atoms with Crippen molar-refractivity contribution in [3.05, 3.63) is 18.0 Å². The third-order valence-corrected chi connectivity index (χ3v) is 3.86. The van der Waals surface area contributed by atoms with Crippen LogP contribution in [0.5, 0.6) is 0 Å². The third kappa shape index (κ3) is 1.74. The van der Waals surface area contributed by atoms with Gasteiger partial charge in [0.25, 0.3) is 0 Å². The Balaban J connectivity index is 2.12. The number of rotatable bonds is 2. The zero-order valence-corrected chi connectivity index (χ0v) is 8.63. The van der Waals surface area contributed by atoms with E-state index in [4.69, 9.17) is 5.73 Å². The van der Waals surface area contributed by atoms with Crippen molar-refractivity contribution in [1.82, 2.24) is 9.78 Å². The lowest BCUT2D eigenvalue weighted by molar-refractivity contribution is 0.454. The molecule has 0 radical (unpaired) electrons. The van der Waals surface area contributed by atoms with Gasteiger partial charge >= 0.3 is 0 Å². The van der Waals surface area contributed by atoms with Crippen LogP contribution in [0.1, 0.15) is 18.2 Å². The minimum absolute atomic E-state index is 0.169. The van der Waals surface area contributed by atoms with Gasteiger partial charge in [0.05, 0.1) is 11.7 Å². The van der Waals surface area contributed by atoms with E-state index in [0.717, 1.165) is 5.69 Å². The second-order valence-corrected chi connectivity index (χ2v) is 4.68. The first kappa shape index (κ1) is 9.09. The van der Waals surface area contributed by atoms with E-state index in [-0.39, 0.29) is 6.04 Å². The number of nitrogens with two attached hydrogens (primary N) is 1. The Kier molecular flexibility index (Phi) is 2.60. The van der Waals surface area contributed by atoms with E-state index in [2.05, 4.69) is 5.10 Å². The molecule has 0 saturated carbocycles. The molecule has 0 aromatic carbocycles. The number of aryl methyl sites for hydroxylation is 1. The molecule has 0 spiro atoms. The van der Waals surface area contributed by atoms with Gasteiger partial charge in [0.1, 0.15) is 0 Å². The van der Waals surface area contributed by atoms with Gasteiger partial charge in [-0.1, -0.05) is 0 Å². The van der Waals surface area contributed by atoms with Gasteiger partial charge in [-0.25, -0.2) is 0 Å². The van der Waals surface area contributed by atoms with Crippen LogP contribution in [0, 0.1) is 5.92 Å². The molecule has 0 aliphatic carbocycles. The molecule has 0 amide bonds. The Morgan fingerprint density at radius 2 is 2.62 bits per heavy atom. The number of nitrogens with zero attached hydrogens (tertiary/aromatic N) is 2. The first-order chi connectivity index (χ1) is 6.29. The molecule has 3 nitrogen and oxygen atoms in total. The van der Waals surface area contributed by atoms with Crippen LogP contribution in [0.25, 0.3) is 0 Å². The van der Waals surface area contributed by atoms with Gasteiger partial charge in [-0.3, -0.25) is 4.68 Å². The maximum absolute atomic E-state index is 6.17. The van der Waals surface area contributed by atoms with E-state index >= 15 is 0 Å². The Morgan fingerprint density at radius 3 is 3.15 bits per heavy atom. The van der Waals surface area contributed by atoms with E-state index in [0.29, 0.717) is 5.92 Å². The predicted octanol–water partition coefficient (Wildman–Crippen LogP) is 1.17. The Morgan fingerprint density at radius 1 is 1.77 bits per heavy atom. The lowest BCUT2D eigenvalue weighted by Crippen LogP contribution is -2.23. The van der Waals surface area contributed by atoms with Gasteiger partial charge in [0.2, 0.25) is 0 Å². The molecular weight excluding hydrogens is 182 g/mol. The van der Waals surface area contributed by atoms with Crippen molar-refractivity contribution in [2.45, 2.75) is 12.5 Å². The summed E-state index contributed by atoms with van der Waals surface area (Å²) in [6.07, 6.45) is 3.06. The van der Waals surface area contributed by atoms with Gasteiger partial charge in [-0.05, 0) is 29.9 Å². The minimum Gasteiger partial charge on any atom is -0.322 e. The molecule has 13 heavy (non-hydrogen) atoms. The van der Waals surface area contributed by atoms with E-state index in [1.807, 2.05) is 35.8 Å². The van der Waals surface area contributed by atoms with Gasteiger partial charge in [0.15, 0.2) is 0 Å². The van der Waals surface area contributed by atoms with Crippen LogP contribution in [-0.4, -0.2) is 21.3 Å². The summed E-state index contributed by atoms with van der Waals surface area (Å²) >= 11 is 2.00. The summed E-state index contributed by atoms with van der Waals surface area (Å²) in [6, 6.07) is 2.19. The van der Waals surface area contributed by atoms with Crippen LogP contribution in [-0.2, 0) is 7.05 Å². The largest absolute Gasteiger partial charge is 0.322 e. The number of aromatic nitrogens is 2. The van der Waals surface area contributed by atoms with Crippen molar-refractivity contribution in [2.75, 3.05) is 11.5 Å². The van der Waals surface area contributed by atoms with Crippen molar-refractivity contribution in [3.63, 3.8) is 0 Å². The van der Waals surface area contributed by atoms with E-state index in [1.54, 1.807) is 0 Å². The summed E-state index contributed by atoms with van der Waals surface area (Å²) in [4.78, 5) is 0. The highest BCUT2D eigenvalue weighted by atomic mass is 32.2. The maximum atomic E-state index is 6.17. The quantitative estimate of drug-likeness (QED) is 0.774. The molecule has 2 heterocycles. The van der Waals surface area contributed by atoms with Crippen LogP contribution in [0.4, 0.5) is 0 Å². The van der Waals surface area contributed by atoms with Crippen LogP contribution < -0.4 is 5.73 Å². The summed E-state index contributed by atoms with van der Waals surface area (Å²) in [5, 5.41) is 4.14. The predicted molar refractivity (Wildman–Crippen MR) is 55.6 cm³/mol. The van der Waals surface area contributed by atoms with E-state index in [9.17, 15) is 0 Å². The third-order valence-electron chi connectivity index (χ3n) is 2.67. The van der Waals surface area contributed by atoms with Crippen molar-refractivity contribution in [1.29, 1.82) is 0 Å². The minimum atomic E-state index is 0.169. The number of thioether (sulfide) groups is 1. The molecule has 1 fully saturated rings. The van der Waals surface area contributed by atoms with Crippen LogP contribution in [0.3, 0.4) is 0 Å². The first-order valence-corrected chi connectivity index (χ1v) is 5.75. The molecule has 2 rings (SSSR count). The monoisotopic (exact) mass is 197 g/mol. The van der Waals surface area contributed by atoms with Crippen molar-refractivity contribution in [2.24, 2.45) is 18.7 Å². The fourth-order valence-corrected chi connectivity index (χ4v) is 3.10. The van der Waals surface area contributed by atoms with Gasteiger partial charge in [0, 0.05) is 13.2 Å². The summed E-state index contributed by atoms with van der Waals surface area (Å²) in [5.74, 6) is 3.10. The lowest BCUT2D eigenvalue weighted by Gasteiger charge is -2.17. The SMILES string of the molecule is Cn1nccc1C(N)C1CCSC1. The second kappa shape index (κ2) is 3.72. The van der Waals surface area contributed by atoms with Crippen LogP contribution in [0.15, 0.2) is 12.3 Å². The average Bonchev–Trinajstić information content (AvgIpc) is 2.72. The molecule has 1 saturated heterocycles. The fraction of sp³-hybridized carbons (Fsp3) is 0.667. The van der Waals surface area contributed by atoms with Crippen molar-refractivity contribution in [3.8, 4) is 0 Å². The highest BCUT2D eigenvalue weighted by Gasteiger charge is 2.25. The molecule has 2 atom stereocenters. The molecule has 2 unspecified atom stereocenters. The fourth-order valence-electron chi connectivity index (χ4n) is 1.79. The molecule has 0 bridgehead atoms. The van der Waals surface area contributed by atoms with Crippen molar-refractivity contribution < 1.29 is 0 Å². The Bertz CT molecular complexity index is 278. The maximum Gasteiger partial charge on any atom is 0.0551 e. The standard InChI is InChI=1S/C9H15N3S/c1-12-8(2-4-11-12)9(10)7-3-5-13-6-7/h2,4,7,9H,3,5-6,10H2,1H3. The molecular formula is C9H15N3S. The summed E-state index contributed by atoms with van der Waals surface area (Å²) in [7, 11) is 1.96.